The lowest BCUT2D eigenvalue weighted by Crippen LogP contribution is -2.12. The van der Waals surface area contributed by atoms with E-state index in [1.54, 1.807) is 0 Å². The fourth-order valence-corrected chi connectivity index (χ4v) is 3.35. The van der Waals surface area contributed by atoms with Gasteiger partial charge in [0.15, 0.2) is 0 Å². The van der Waals surface area contributed by atoms with Gasteiger partial charge in [-0.05, 0) is 112 Å². The van der Waals surface area contributed by atoms with Gasteiger partial charge in [-0.1, -0.05) is 0 Å². The van der Waals surface area contributed by atoms with Crippen molar-refractivity contribution in [1.29, 1.82) is 0 Å². The first kappa shape index (κ1) is 18.1. The number of rotatable bonds is 9. The Labute approximate surface area is 130 Å². The van der Waals surface area contributed by atoms with Crippen LogP contribution in [0.3, 0.4) is 0 Å². The number of hydrogen-bond acceptors (Lipinski definition) is 3. The van der Waals surface area contributed by atoms with Crippen molar-refractivity contribution in [3.8, 4) is 0 Å². The summed E-state index contributed by atoms with van der Waals surface area (Å²) in [5.41, 5.74) is 26.0. The van der Waals surface area contributed by atoms with Gasteiger partial charge < -0.3 is 17.2 Å². The molecule has 0 saturated heterocycles. The molecule has 3 heteroatoms. The molecule has 0 unspecified atom stereocenters. The molecule has 0 atom stereocenters. The van der Waals surface area contributed by atoms with E-state index in [-0.39, 0.29) is 0 Å². The molecule has 0 aliphatic carbocycles. The first-order valence-electron chi connectivity index (χ1n) is 8.29. The second-order valence-electron chi connectivity index (χ2n) is 5.99. The molecule has 21 heavy (non-hydrogen) atoms. The van der Waals surface area contributed by atoms with Gasteiger partial charge >= 0.3 is 0 Å². The molecule has 120 valence electrons. The van der Waals surface area contributed by atoms with Crippen molar-refractivity contribution in [3.63, 3.8) is 0 Å². The van der Waals surface area contributed by atoms with E-state index in [1.807, 2.05) is 0 Å². The maximum Gasteiger partial charge on any atom is -0.00741 e. The normalized spacial score (nSPS) is 11.1. The third-order valence-electron chi connectivity index (χ3n) is 4.61. The molecule has 0 aliphatic heterocycles. The molecule has 0 spiro atoms. The molecular weight excluding hydrogens is 258 g/mol. The summed E-state index contributed by atoms with van der Waals surface area (Å²) >= 11 is 0. The molecule has 1 aromatic carbocycles. The summed E-state index contributed by atoms with van der Waals surface area (Å²) in [6.45, 7) is 9.06. The lowest BCUT2D eigenvalue weighted by Gasteiger charge is -2.22. The zero-order valence-electron chi connectivity index (χ0n) is 14.1. The van der Waals surface area contributed by atoms with Gasteiger partial charge in [0.25, 0.3) is 0 Å². The fourth-order valence-electron chi connectivity index (χ4n) is 3.35. The van der Waals surface area contributed by atoms with Crippen LogP contribution in [-0.4, -0.2) is 19.6 Å². The van der Waals surface area contributed by atoms with Gasteiger partial charge in [0.2, 0.25) is 0 Å². The minimum Gasteiger partial charge on any atom is -0.330 e. The molecule has 0 fully saturated rings. The van der Waals surface area contributed by atoms with Gasteiger partial charge in [0.1, 0.15) is 0 Å². The van der Waals surface area contributed by atoms with Crippen LogP contribution in [-0.2, 0) is 19.3 Å². The van der Waals surface area contributed by atoms with E-state index in [4.69, 9.17) is 17.2 Å². The molecule has 6 N–H and O–H groups in total. The monoisotopic (exact) mass is 291 g/mol. The summed E-state index contributed by atoms with van der Waals surface area (Å²) < 4.78 is 0. The van der Waals surface area contributed by atoms with Gasteiger partial charge in [-0.25, -0.2) is 0 Å². The summed E-state index contributed by atoms with van der Waals surface area (Å²) in [5, 5.41) is 0. The van der Waals surface area contributed by atoms with Crippen molar-refractivity contribution in [1.82, 2.24) is 0 Å². The highest BCUT2D eigenvalue weighted by atomic mass is 14.5. The van der Waals surface area contributed by atoms with Crippen LogP contribution in [0.5, 0.6) is 0 Å². The molecule has 0 aliphatic rings. The average molecular weight is 291 g/mol. The first-order chi connectivity index (χ1) is 10.1. The minimum atomic E-state index is 0.753. The van der Waals surface area contributed by atoms with Crippen molar-refractivity contribution in [2.75, 3.05) is 19.6 Å². The topological polar surface area (TPSA) is 78.1 Å². The Morgan fingerprint density at radius 3 is 0.952 bits per heavy atom. The predicted molar refractivity (Wildman–Crippen MR) is 92.8 cm³/mol. The molecule has 0 bridgehead atoms. The lowest BCUT2D eigenvalue weighted by atomic mass is 9.83. The van der Waals surface area contributed by atoms with Gasteiger partial charge in [0.05, 0.1) is 0 Å². The van der Waals surface area contributed by atoms with E-state index in [0.717, 1.165) is 58.2 Å². The minimum absolute atomic E-state index is 0.753. The Morgan fingerprint density at radius 1 is 0.524 bits per heavy atom. The summed E-state index contributed by atoms with van der Waals surface area (Å²) in [4.78, 5) is 0. The summed E-state index contributed by atoms with van der Waals surface area (Å²) in [6, 6.07) is 0. The first-order valence-corrected chi connectivity index (χ1v) is 8.29. The quantitative estimate of drug-likeness (QED) is 0.653. The predicted octanol–water partition coefficient (Wildman–Crippen LogP) is 2.29. The second kappa shape index (κ2) is 9.19. The average Bonchev–Trinajstić information content (AvgIpc) is 2.47. The van der Waals surface area contributed by atoms with Crippen LogP contribution in [0.2, 0.25) is 0 Å². The van der Waals surface area contributed by atoms with E-state index in [0.29, 0.717) is 0 Å². The number of hydrogen-bond donors (Lipinski definition) is 3. The fraction of sp³-hybridized carbons (Fsp3) is 0.667. The molecule has 1 aromatic rings. The molecule has 3 nitrogen and oxygen atoms in total. The van der Waals surface area contributed by atoms with Crippen molar-refractivity contribution >= 4 is 0 Å². The smallest absolute Gasteiger partial charge is 0.00741 e. The van der Waals surface area contributed by atoms with Crippen LogP contribution >= 0.6 is 0 Å². The van der Waals surface area contributed by atoms with Gasteiger partial charge in [-0.2, -0.15) is 0 Å². The van der Waals surface area contributed by atoms with Crippen LogP contribution < -0.4 is 17.2 Å². The van der Waals surface area contributed by atoms with Crippen LogP contribution in [0.4, 0.5) is 0 Å². The molecule has 0 saturated carbocycles. The van der Waals surface area contributed by atoms with Gasteiger partial charge in [0, 0.05) is 0 Å². The maximum atomic E-state index is 5.71. The molecule has 0 aromatic heterocycles. The third kappa shape index (κ3) is 4.53. The standard InChI is InChI=1S/C18H33N3/c1-13-16(7-4-10-19)14(2)18(9-6-12-21)15(3)17(13)8-5-11-20/h4-12,19-21H2,1-3H3. The highest BCUT2D eigenvalue weighted by molar-refractivity contribution is 5.51. The zero-order valence-corrected chi connectivity index (χ0v) is 14.1. The van der Waals surface area contributed by atoms with Crippen LogP contribution in [0, 0.1) is 20.8 Å². The molecule has 0 amide bonds. The van der Waals surface area contributed by atoms with Gasteiger partial charge in [-0.15, -0.1) is 0 Å². The van der Waals surface area contributed by atoms with E-state index >= 15 is 0 Å². The Bertz CT molecular complexity index is 365. The highest BCUT2D eigenvalue weighted by Crippen LogP contribution is 2.30. The van der Waals surface area contributed by atoms with Crippen LogP contribution in [0.1, 0.15) is 52.6 Å². The van der Waals surface area contributed by atoms with E-state index < -0.39 is 0 Å². The Balaban J connectivity index is 3.27. The van der Waals surface area contributed by atoms with Crippen LogP contribution in [0.15, 0.2) is 0 Å². The molecule has 0 heterocycles. The van der Waals surface area contributed by atoms with Crippen LogP contribution in [0.25, 0.3) is 0 Å². The van der Waals surface area contributed by atoms with E-state index in [1.165, 1.54) is 33.4 Å². The van der Waals surface area contributed by atoms with E-state index in [2.05, 4.69) is 20.8 Å². The highest BCUT2D eigenvalue weighted by Gasteiger charge is 2.16. The Kier molecular flexibility index (Phi) is 7.94. The molecule has 1 rings (SSSR count). The Hall–Kier alpha value is -0.900. The van der Waals surface area contributed by atoms with Crippen molar-refractivity contribution in [2.45, 2.75) is 59.3 Å². The van der Waals surface area contributed by atoms with Gasteiger partial charge in [-0.3, -0.25) is 0 Å². The molecule has 0 radical (unpaired) electrons. The summed E-state index contributed by atoms with van der Waals surface area (Å²) in [6.07, 6.45) is 6.41. The summed E-state index contributed by atoms with van der Waals surface area (Å²) in [7, 11) is 0. The SMILES string of the molecule is Cc1c(CCCN)c(C)c(CCCN)c(C)c1CCCN. The second-order valence-corrected chi connectivity index (χ2v) is 5.99. The third-order valence-corrected chi connectivity index (χ3v) is 4.61. The van der Waals surface area contributed by atoms with Crippen molar-refractivity contribution in [2.24, 2.45) is 17.2 Å². The van der Waals surface area contributed by atoms with Crippen molar-refractivity contribution in [3.05, 3.63) is 33.4 Å². The number of nitrogens with two attached hydrogens (primary N) is 3. The maximum absolute atomic E-state index is 5.71. The molecular formula is C18H33N3. The van der Waals surface area contributed by atoms with E-state index in [9.17, 15) is 0 Å². The zero-order chi connectivity index (χ0) is 15.8. The Morgan fingerprint density at radius 2 is 0.762 bits per heavy atom. The number of benzene rings is 1. The largest absolute Gasteiger partial charge is 0.330 e. The van der Waals surface area contributed by atoms with Crippen molar-refractivity contribution < 1.29 is 0 Å². The lowest BCUT2D eigenvalue weighted by molar-refractivity contribution is 0.777. The summed E-state index contributed by atoms with van der Waals surface area (Å²) in [5.74, 6) is 0.